The van der Waals surface area contributed by atoms with Crippen molar-refractivity contribution < 1.29 is 13.9 Å². The first-order valence-electron chi connectivity index (χ1n) is 10.5. The molecule has 1 amide bonds. The summed E-state index contributed by atoms with van der Waals surface area (Å²) in [6, 6.07) is 9.14. The van der Waals surface area contributed by atoms with Gasteiger partial charge in [0.2, 0.25) is 5.89 Å². The number of para-hydroxylation sites is 1. The van der Waals surface area contributed by atoms with Crippen molar-refractivity contribution in [2.75, 3.05) is 20.1 Å². The molecule has 0 aliphatic carbocycles. The quantitative estimate of drug-likeness (QED) is 0.676. The van der Waals surface area contributed by atoms with Gasteiger partial charge in [-0.15, -0.1) is 10.2 Å². The normalized spacial score (nSPS) is 19.0. The van der Waals surface area contributed by atoms with Crippen molar-refractivity contribution in [2.24, 2.45) is 5.92 Å². The number of aromatic nitrogens is 3. The molecule has 0 saturated heterocycles. The van der Waals surface area contributed by atoms with E-state index in [4.69, 9.17) is 9.15 Å². The Morgan fingerprint density at radius 1 is 1.13 bits per heavy atom. The van der Waals surface area contributed by atoms with Crippen LogP contribution in [-0.2, 0) is 0 Å². The van der Waals surface area contributed by atoms with Crippen LogP contribution in [0.4, 0.5) is 0 Å². The first-order chi connectivity index (χ1) is 15.0. The number of rotatable bonds is 5. The molecular formula is C23H27N5O3. The number of ether oxygens (including phenoxy) is 1. The second-order valence-corrected chi connectivity index (χ2v) is 8.07. The summed E-state index contributed by atoms with van der Waals surface area (Å²) in [6.07, 6.45) is 3.22. The predicted molar refractivity (Wildman–Crippen MR) is 117 cm³/mol. The van der Waals surface area contributed by atoms with Crippen LogP contribution < -0.4 is 10.1 Å². The number of hydrogen-bond acceptors (Lipinski definition) is 7. The first kappa shape index (κ1) is 21.0. The minimum Gasteiger partial charge on any atom is -0.487 e. The molecule has 1 aromatic carbocycles. The van der Waals surface area contributed by atoms with Crippen LogP contribution in [-0.4, -0.2) is 58.3 Å². The minimum atomic E-state index is -0.123. The zero-order valence-electron chi connectivity index (χ0n) is 18.2. The third-order valence-corrected chi connectivity index (χ3v) is 5.51. The van der Waals surface area contributed by atoms with Crippen molar-refractivity contribution in [1.82, 2.24) is 25.4 Å². The number of fused-ring (bicyclic) bond motifs is 1. The zero-order valence-corrected chi connectivity index (χ0v) is 18.2. The lowest BCUT2D eigenvalue weighted by Gasteiger charge is -2.36. The summed E-state index contributed by atoms with van der Waals surface area (Å²) in [4.78, 5) is 19.3. The van der Waals surface area contributed by atoms with Crippen molar-refractivity contribution in [2.45, 2.75) is 32.9 Å². The molecule has 1 N–H and O–H groups in total. The molecule has 0 bridgehead atoms. The fourth-order valence-corrected chi connectivity index (χ4v) is 3.77. The molecule has 3 heterocycles. The highest BCUT2D eigenvalue weighted by atomic mass is 16.5. The lowest BCUT2D eigenvalue weighted by Crippen LogP contribution is -2.47. The third-order valence-electron chi connectivity index (χ3n) is 5.51. The van der Waals surface area contributed by atoms with E-state index in [-0.39, 0.29) is 24.0 Å². The van der Waals surface area contributed by atoms with Crippen LogP contribution in [0.5, 0.6) is 5.75 Å². The molecule has 0 radical (unpaired) electrons. The zero-order chi connectivity index (χ0) is 22.0. The Bertz CT molecular complexity index is 1050. The standard InChI is InChI=1S/C23H27N5O3/c1-14(2)28-13-15(3)19(12-24-4)30-20-17(6-5-7-18(20)23(28)29)22-27-26-21(31-22)16-8-10-25-11-9-16/h5-11,14-15,19,24H,12-13H2,1-4H3. The highest BCUT2D eigenvalue weighted by Crippen LogP contribution is 2.37. The van der Waals surface area contributed by atoms with Crippen molar-refractivity contribution in [3.05, 3.63) is 48.3 Å². The van der Waals surface area contributed by atoms with Crippen LogP contribution in [0.2, 0.25) is 0 Å². The molecule has 1 aliphatic heterocycles. The molecule has 2 aromatic heterocycles. The van der Waals surface area contributed by atoms with Gasteiger partial charge in [-0.1, -0.05) is 13.0 Å². The monoisotopic (exact) mass is 421 g/mol. The van der Waals surface area contributed by atoms with E-state index < -0.39 is 0 Å². The summed E-state index contributed by atoms with van der Waals surface area (Å²) in [5.74, 6) is 1.25. The number of hydrogen-bond donors (Lipinski definition) is 1. The maximum atomic E-state index is 13.4. The maximum absolute atomic E-state index is 13.4. The van der Waals surface area contributed by atoms with Gasteiger partial charge in [0.1, 0.15) is 11.9 Å². The van der Waals surface area contributed by atoms with Crippen molar-refractivity contribution in [3.8, 4) is 28.7 Å². The molecule has 31 heavy (non-hydrogen) atoms. The minimum absolute atomic E-state index is 0.0597. The van der Waals surface area contributed by atoms with Gasteiger partial charge in [0.25, 0.3) is 11.8 Å². The van der Waals surface area contributed by atoms with E-state index in [1.54, 1.807) is 30.6 Å². The second kappa shape index (κ2) is 8.85. The van der Waals surface area contributed by atoms with Gasteiger partial charge in [0, 0.05) is 43.0 Å². The van der Waals surface area contributed by atoms with Crippen molar-refractivity contribution >= 4 is 5.91 Å². The number of nitrogens with one attached hydrogen (secondary N) is 1. The van der Waals surface area contributed by atoms with Crippen LogP contribution in [0, 0.1) is 5.92 Å². The molecule has 2 atom stereocenters. The van der Waals surface area contributed by atoms with E-state index >= 15 is 0 Å². The molecule has 0 fully saturated rings. The smallest absolute Gasteiger partial charge is 0.257 e. The molecule has 3 aromatic rings. The fraction of sp³-hybridized carbons (Fsp3) is 0.391. The molecule has 0 saturated carbocycles. The summed E-state index contributed by atoms with van der Waals surface area (Å²) >= 11 is 0. The Morgan fingerprint density at radius 3 is 2.55 bits per heavy atom. The Kier molecular flexibility index (Phi) is 5.99. The molecular weight excluding hydrogens is 394 g/mol. The summed E-state index contributed by atoms with van der Waals surface area (Å²) in [5, 5.41) is 11.6. The highest BCUT2D eigenvalue weighted by molar-refractivity contribution is 5.99. The van der Waals surface area contributed by atoms with E-state index in [1.165, 1.54) is 0 Å². The first-order valence-corrected chi connectivity index (χ1v) is 10.5. The Morgan fingerprint density at radius 2 is 1.84 bits per heavy atom. The average Bonchev–Trinajstić information content (AvgIpc) is 3.26. The number of carbonyl (C=O) groups is 1. The van der Waals surface area contributed by atoms with Crippen molar-refractivity contribution in [1.29, 1.82) is 0 Å². The van der Waals surface area contributed by atoms with Gasteiger partial charge in [-0.3, -0.25) is 9.78 Å². The van der Waals surface area contributed by atoms with Crippen LogP contribution in [0.1, 0.15) is 31.1 Å². The van der Waals surface area contributed by atoms with Crippen LogP contribution in [0.15, 0.2) is 47.1 Å². The maximum Gasteiger partial charge on any atom is 0.257 e. The van der Waals surface area contributed by atoms with E-state index in [2.05, 4.69) is 27.4 Å². The fourth-order valence-electron chi connectivity index (χ4n) is 3.77. The van der Waals surface area contributed by atoms with Gasteiger partial charge in [0.15, 0.2) is 0 Å². The Labute approximate surface area is 181 Å². The molecule has 8 heteroatoms. The summed E-state index contributed by atoms with van der Waals surface area (Å²) in [6.45, 7) is 7.44. The highest BCUT2D eigenvalue weighted by Gasteiger charge is 2.33. The van der Waals surface area contributed by atoms with E-state index in [0.29, 0.717) is 41.7 Å². The number of carbonyl (C=O) groups excluding carboxylic acids is 1. The molecule has 0 spiro atoms. The Balaban J connectivity index is 1.81. The lowest BCUT2D eigenvalue weighted by atomic mass is 9.98. The number of benzene rings is 1. The Hall–Kier alpha value is -3.26. The van der Waals surface area contributed by atoms with Gasteiger partial charge in [-0.2, -0.15) is 0 Å². The number of pyridine rings is 1. The van der Waals surface area contributed by atoms with Crippen LogP contribution in [0.25, 0.3) is 22.9 Å². The molecule has 4 rings (SSSR count). The predicted octanol–water partition coefficient (Wildman–Crippen LogP) is 3.27. The summed E-state index contributed by atoms with van der Waals surface area (Å²) in [5.41, 5.74) is 1.89. The topological polar surface area (TPSA) is 93.4 Å². The van der Waals surface area contributed by atoms with Crippen LogP contribution >= 0.6 is 0 Å². The summed E-state index contributed by atoms with van der Waals surface area (Å²) in [7, 11) is 1.89. The summed E-state index contributed by atoms with van der Waals surface area (Å²) < 4.78 is 12.4. The number of likely N-dealkylation sites (N-methyl/N-ethyl adjacent to an activating group) is 1. The lowest BCUT2D eigenvalue weighted by molar-refractivity contribution is 0.0516. The van der Waals surface area contributed by atoms with E-state index in [0.717, 1.165) is 5.56 Å². The van der Waals surface area contributed by atoms with Gasteiger partial charge >= 0.3 is 0 Å². The largest absolute Gasteiger partial charge is 0.487 e. The van der Waals surface area contributed by atoms with Gasteiger partial charge in [0.05, 0.1) is 11.1 Å². The average molecular weight is 422 g/mol. The molecule has 1 aliphatic rings. The van der Waals surface area contributed by atoms with E-state index in [1.807, 2.05) is 37.9 Å². The number of amides is 1. The van der Waals surface area contributed by atoms with Gasteiger partial charge in [-0.05, 0) is 45.2 Å². The SMILES string of the molecule is CNCC1Oc2c(cccc2-c2nnc(-c3ccncc3)o2)C(=O)N(C(C)C)CC1C. The third kappa shape index (κ3) is 4.16. The van der Waals surface area contributed by atoms with E-state index in [9.17, 15) is 4.79 Å². The van der Waals surface area contributed by atoms with Crippen molar-refractivity contribution in [3.63, 3.8) is 0 Å². The second-order valence-electron chi connectivity index (χ2n) is 8.07. The molecule has 8 nitrogen and oxygen atoms in total. The van der Waals surface area contributed by atoms with Gasteiger partial charge < -0.3 is 19.4 Å². The molecule has 2 unspecified atom stereocenters. The number of nitrogens with zero attached hydrogens (tertiary/aromatic N) is 4. The van der Waals surface area contributed by atoms with Crippen LogP contribution in [0.3, 0.4) is 0 Å². The molecule has 162 valence electrons. The van der Waals surface area contributed by atoms with Gasteiger partial charge in [-0.25, -0.2) is 0 Å².